The Balaban J connectivity index is 2.30. The molecule has 0 spiro atoms. The van der Waals surface area contributed by atoms with Crippen molar-refractivity contribution in [2.45, 2.75) is 31.2 Å². The number of benzene rings is 1. The molecule has 1 atom stereocenters. The molecule has 1 aromatic carbocycles. The molecule has 1 saturated carbocycles. The monoisotopic (exact) mass is 265 g/mol. The van der Waals surface area contributed by atoms with Crippen molar-refractivity contribution in [2.75, 3.05) is 0 Å². The van der Waals surface area contributed by atoms with E-state index in [1.807, 2.05) is 19.1 Å². The highest BCUT2D eigenvalue weighted by Gasteiger charge is 2.49. The van der Waals surface area contributed by atoms with Gasteiger partial charge in [-0.1, -0.05) is 28.1 Å². The number of carbonyl (C=O) groups excluding carboxylic acids is 1. The molecule has 3 heteroatoms. The van der Waals surface area contributed by atoms with Gasteiger partial charge in [0.1, 0.15) is 0 Å². The van der Waals surface area contributed by atoms with E-state index in [4.69, 9.17) is 0 Å². The Kier molecular flexibility index (Phi) is 2.76. The van der Waals surface area contributed by atoms with Gasteiger partial charge in [0.25, 0.3) is 0 Å². The Labute approximate surface area is 97.5 Å². The molecule has 1 fully saturated rings. The van der Waals surface area contributed by atoms with Crippen LogP contribution in [0.2, 0.25) is 0 Å². The molecule has 0 radical (unpaired) electrons. The highest BCUT2D eigenvalue weighted by Crippen LogP contribution is 2.52. The van der Waals surface area contributed by atoms with Gasteiger partial charge < -0.3 is 0 Å². The third-order valence-electron chi connectivity index (χ3n) is 3.25. The number of hydrogen-bond acceptors (Lipinski definition) is 2. The summed E-state index contributed by atoms with van der Waals surface area (Å²) in [5.41, 5.74) is 1.37. The zero-order valence-corrected chi connectivity index (χ0v) is 10.1. The average Bonchev–Trinajstić information content (AvgIpc) is 3.00. The topological polar surface area (TPSA) is 29.4 Å². The maximum atomic E-state index is 10.3. The van der Waals surface area contributed by atoms with Crippen molar-refractivity contribution < 1.29 is 4.79 Å². The van der Waals surface area contributed by atoms with Crippen molar-refractivity contribution >= 4 is 22.0 Å². The molecule has 0 heterocycles. The van der Waals surface area contributed by atoms with E-state index in [2.05, 4.69) is 33.1 Å². The zero-order chi connectivity index (χ0) is 10.9. The van der Waals surface area contributed by atoms with E-state index in [0.29, 0.717) is 0 Å². The first-order valence-electron chi connectivity index (χ1n) is 5.02. The van der Waals surface area contributed by atoms with Crippen LogP contribution < -0.4 is 0 Å². The number of rotatable bonds is 3. The van der Waals surface area contributed by atoms with Crippen LogP contribution in [-0.2, 0) is 10.2 Å². The van der Waals surface area contributed by atoms with Crippen molar-refractivity contribution in [3.8, 4) is 0 Å². The van der Waals surface area contributed by atoms with Crippen LogP contribution in [0.5, 0.6) is 0 Å². The summed E-state index contributed by atoms with van der Waals surface area (Å²) < 4.78 is 1.08. The Morgan fingerprint density at radius 2 is 2.00 bits per heavy atom. The lowest BCUT2D eigenvalue weighted by molar-refractivity contribution is 0.530. The van der Waals surface area contributed by atoms with Gasteiger partial charge in [-0.3, -0.25) is 0 Å². The van der Waals surface area contributed by atoms with Gasteiger partial charge in [-0.25, -0.2) is 9.79 Å². The summed E-state index contributed by atoms with van der Waals surface area (Å²) in [5, 5.41) is 0. The van der Waals surface area contributed by atoms with Crippen molar-refractivity contribution in [1.82, 2.24) is 0 Å². The SMILES string of the molecule is CC(N=C=O)C1(c2ccc(Br)cc2)CC1. The first-order chi connectivity index (χ1) is 7.19. The highest BCUT2D eigenvalue weighted by molar-refractivity contribution is 9.10. The lowest BCUT2D eigenvalue weighted by Crippen LogP contribution is -2.20. The van der Waals surface area contributed by atoms with E-state index in [0.717, 1.165) is 17.3 Å². The van der Waals surface area contributed by atoms with E-state index >= 15 is 0 Å². The predicted molar refractivity (Wildman–Crippen MR) is 62.6 cm³/mol. The van der Waals surface area contributed by atoms with E-state index < -0.39 is 0 Å². The number of hydrogen-bond donors (Lipinski definition) is 0. The lowest BCUT2D eigenvalue weighted by atomic mass is 9.89. The molecule has 78 valence electrons. The molecular weight excluding hydrogens is 254 g/mol. The fourth-order valence-corrected chi connectivity index (χ4v) is 2.33. The Morgan fingerprint density at radius 3 is 2.47 bits per heavy atom. The Morgan fingerprint density at radius 1 is 1.40 bits per heavy atom. The summed E-state index contributed by atoms with van der Waals surface area (Å²) in [6, 6.07) is 8.32. The van der Waals surface area contributed by atoms with E-state index in [1.165, 1.54) is 5.56 Å². The van der Waals surface area contributed by atoms with Crippen LogP contribution in [0.1, 0.15) is 25.3 Å². The van der Waals surface area contributed by atoms with Crippen molar-refractivity contribution in [2.24, 2.45) is 4.99 Å². The smallest absolute Gasteiger partial charge is 0.211 e. The first-order valence-corrected chi connectivity index (χ1v) is 5.81. The number of nitrogens with zero attached hydrogens (tertiary/aromatic N) is 1. The maximum Gasteiger partial charge on any atom is 0.235 e. The van der Waals surface area contributed by atoms with Gasteiger partial charge in [0.15, 0.2) is 0 Å². The minimum absolute atomic E-state index is 0.0381. The third-order valence-corrected chi connectivity index (χ3v) is 3.78. The second-order valence-corrected chi connectivity index (χ2v) is 4.98. The van der Waals surface area contributed by atoms with Crippen molar-refractivity contribution in [1.29, 1.82) is 0 Å². The predicted octanol–water partition coefficient (Wildman–Crippen LogP) is 3.21. The molecule has 0 saturated heterocycles. The summed E-state index contributed by atoms with van der Waals surface area (Å²) >= 11 is 3.41. The maximum absolute atomic E-state index is 10.3. The summed E-state index contributed by atoms with van der Waals surface area (Å²) in [7, 11) is 0. The highest BCUT2D eigenvalue weighted by atomic mass is 79.9. The normalized spacial score (nSPS) is 19.1. The standard InChI is InChI=1S/C12H12BrNO/c1-9(14-8-15)12(6-7-12)10-2-4-11(13)5-3-10/h2-5,9H,6-7H2,1H3. The molecule has 0 N–H and O–H groups in total. The molecule has 1 aliphatic carbocycles. The molecule has 2 nitrogen and oxygen atoms in total. The molecule has 0 aliphatic heterocycles. The number of halogens is 1. The minimum Gasteiger partial charge on any atom is -0.211 e. The van der Waals surface area contributed by atoms with Crippen LogP contribution in [0.25, 0.3) is 0 Å². The fraction of sp³-hybridized carbons (Fsp3) is 0.417. The van der Waals surface area contributed by atoms with Gasteiger partial charge in [-0.2, -0.15) is 0 Å². The third kappa shape index (κ3) is 1.90. The molecular formula is C12H12BrNO. The molecule has 0 amide bonds. The van der Waals surface area contributed by atoms with Crippen LogP contribution >= 0.6 is 15.9 Å². The molecule has 1 aliphatic rings. The van der Waals surface area contributed by atoms with Crippen molar-refractivity contribution in [3.05, 3.63) is 34.3 Å². The summed E-state index contributed by atoms with van der Waals surface area (Å²) in [6.07, 6.45) is 3.88. The minimum atomic E-state index is 0.0381. The van der Waals surface area contributed by atoms with E-state index in [-0.39, 0.29) is 11.5 Å². The summed E-state index contributed by atoms with van der Waals surface area (Å²) in [6.45, 7) is 1.99. The van der Waals surface area contributed by atoms with Crippen LogP contribution in [-0.4, -0.2) is 12.1 Å². The molecule has 0 aromatic heterocycles. The average molecular weight is 266 g/mol. The lowest BCUT2D eigenvalue weighted by Gasteiger charge is -2.19. The van der Waals surface area contributed by atoms with Crippen LogP contribution in [0.3, 0.4) is 0 Å². The second-order valence-electron chi connectivity index (χ2n) is 4.06. The molecule has 1 aromatic rings. The zero-order valence-electron chi connectivity index (χ0n) is 8.53. The van der Waals surface area contributed by atoms with Crippen molar-refractivity contribution in [3.63, 3.8) is 0 Å². The van der Waals surface area contributed by atoms with E-state index in [9.17, 15) is 4.79 Å². The Bertz CT molecular complexity index is 402. The summed E-state index contributed by atoms with van der Waals surface area (Å²) in [5.74, 6) is 0. The number of isocyanates is 1. The van der Waals surface area contributed by atoms with Gasteiger partial charge in [-0.15, -0.1) is 0 Å². The van der Waals surface area contributed by atoms with Gasteiger partial charge >= 0.3 is 0 Å². The van der Waals surface area contributed by atoms with Gasteiger partial charge in [0.05, 0.1) is 6.04 Å². The summed E-state index contributed by atoms with van der Waals surface area (Å²) in [4.78, 5) is 14.1. The fourth-order valence-electron chi connectivity index (χ4n) is 2.07. The van der Waals surface area contributed by atoms with Crippen LogP contribution in [0, 0.1) is 0 Å². The molecule has 0 bridgehead atoms. The molecule has 1 unspecified atom stereocenters. The van der Waals surface area contributed by atoms with Crippen LogP contribution in [0.4, 0.5) is 0 Å². The van der Waals surface area contributed by atoms with Gasteiger partial charge in [0, 0.05) is 9.89 Å². The molecule has 15 heavy (non-hydrogen) atoms. The largest absolute Gasteiger partial charge is 0.235 e. The quantitative estimate of drug-likeness (QED) is 0.610. The second kappa shape index (κ2) is 3.92. The first kappa shape index (κ1) is 10.6. The van der Waals surface area contributed by atoms with E-state index in [1.54, 1.807) is 6.08 Å². The Hall–Kier alpha value is -0.920. The van der Waals surface area contributed by atoms with Crippen LogP contribution in [0.15, 0.2) is 33.7 Å². The van der Waals surface area contributed by atoms with Gasteiger partial charge in [-0.05, 0) is 37.5 Å². The molecule has 2 rings (SSSR count). The number of aliphatic imine (C=N–C) groups is 1. The van der Waals surface area contributed by atoms with Gasteiger partial charge in [0.2, 0.25) is 6.08 Å².